The maximum Gasteiger partial charge on any atom is 0.256 e. The molecule has 0 saturated heterocycles. The molecular weight excluding hydrogens is 381 g/mol. The SMILES string of the molecule is O=c1[nH]c(C2CC2)c(Nc2ccnc3[nH]ncc23)cc1-c1cc(Cl)ccc1F. The van der Waals surface area contributed by atoms with Crippen LogP contribution in [0.4, 0.5) is 15.8 Å². The van der Waals surface area contributed by atoms with Gasteiger partial charge in [-0.15, -0.1) is 0 Å². The number of fused-ring (bicyclic) bond motifs is 1. The van der Waals surface area contributed by atoms with Crippen molar-refractivity contribution in [1.29, 1.82) is 0 Å². The van der Waals surface area contributed by atoms with E-state index in [0.717, 1.165) is 35.3 Å². The average Bonchev–Trinajstić information content (AvgIpc) is 3.41. The molecule has 4 aromatic rings. The summed E-state index contributed by atoms with van der Waals surface area (Å²) in [7, 11) is 0. The molecule has 28 heavy (non-hydrogen) atoms. The molecule has 1 aliphatic rings. The van der Waals surface area contributed by atoms with Crippen LogP contribution in [0.15, 0.2) is 47.5 Å². The lowest BCUT2D eigenvalue weighted by Crippen LogP contribution is -2.14. The highest BCUT2D eigenvalue weighted by molar-refractivity contribution is 6.30. The Bertz CT molecular complexity index is 1260. The Hall–Kier alpha value is -3.19. The molecule has 6 nitrogen and oxygen atoms in total. The number of aromatic nitrogens is 4. The van der Waals surface area contributed by atoms with Crippen LogP contribution in [-0.2, 0) is 0 Å². The minimum absolute atomic E-state index is 0.169. The molecule has 1 aliphatic carbocycles. The van der Waals surface area contributed by atoms with Crippen molar-refractivity contribution in [1.82, 2.24) is 20.2 Å². The summed E-state index contributed by atoms with van der Waals surface area (Å²) in [6, 6.07) is 7.70. The molecule has 140 valence electrons. The summed E-state index contributed by atoms with van der Waals surface area (Å²) >= 11 is 6.02. The van der Waals surface area contributed by atoms with E-state index >= 15 is 0 Å². The van der Waals surface area contributed by atoms with E-state index in [9.17, 15) is 9.18 Å². The predicted octanol–water partition coefficient (Wildman–Crippen LogP) is 4.73. The van der Waals surface area contributed by atoms with Crippen LogP contribution in [0, 0.1) is 5.82 Å². The lowest BCUT2D eigenvalue weighted by atomic mass is 10.0. The lowest BCUT2D eigenvalue weighted by molar-refractivity contribution is 0.631. The third kappa shape index (κ3) is 2.93. The molecule has 0 bridgehead atoms. The zero-order chi connectivity index (χ0) is 19.3. The fourth-order valence-corrected chi connectivity index (χ4v) is 3.52. The number of hydrogen-bond donors (Lipinski definition) is 3. The predicted molar refractivity (Wildman–Crippen MR) is 107 cm³/mol. The van der Waals surface area contributed by atoms with E-state index in [2.05, 4.69) is 25.5 Å². The lowest BCUT2D eigenvalue weighted by Gasteiger charge is -2.14. The van der Waals surface area contributed by atoms with E-state index in [4.69, 9.17) is 11.6 Å². The number of nitrogens with one attached hydrogen (secondary N) is 3. The van der Waals surface area contributed by atoms with Gasteiger partial charge in [-0.1, -0.05) is 11.6 Å². The summed E-state index contributed by atoms with van der Waals surface area (Å²) in [6.45, 7) is 0. The van der Waals surface area contributed by atoms with E-state index in [-0.39, 0.29) is 22.6 Å². The maximum atomic E-state index is 14.4. The van der Waals surface area contributed by atoms with Crippen LogP contribution in [-0.4, -0.2) is 20.2 Å². The van der Waals surface area contributed by atoms with Crippen molar-refractivity contribution in [3.8, 4) is 11.1 Å². The largest absolute Gasteiger partial charge is 0.353 e. The molecule has 0 atom stereocenters. The summed E-state index contributed by atoms with van der Waals surface area (Å²) in [5, 5.41) is 11.4. The van der Waals surface area contributed by atoms with Gasteiger partial charge in [-0.2, -0.15) is 5.10 Å². The van der Waals surface area contributed by atoms with Gasteiger partial charge in [0.2, 0.25) is 0 Å². The molecule has 0 spiro atoms. The van der Waals surface area contributed by atoms with Gasteiger partial charge in [0.15, 0.2) is 5.65 Å². The fraction of sp³-hybridized carbons (Fsp3) is 0.150. The first-order chi connectivity index (χ1) is 13.6. The molecule has 0 unspecified atom stereocenters. The highest BCUT2D eigenvalue weighted by Crippen LogP contribution is 2.43. The molecule has 1 saturated carbocycles. The number of hydrogen-bond acceptors (Lipinski definition) is 4. The molecule has 3 heterocycles. The molecule has 3 aromatic heterocycles. The van der Waals surface area contributed by atoms with Gasteiger partial charge in [0, 0.05) is 28.4 Å². The number of aromatic amines is 2. The molecule has 3 N–H and O–H groups in total. The van der Waals surface area contributed by atoms with Gasteiger partial charge in [0.1, 0.15) is 5.82 Å². The highest BCUT2D eigenvalue weighted by atomic mass is 35.5. The Kier molecular flexibility index (Phi) is 3.91. The molecular formula is C20H15ClFN5O. The average molecular weight is 396 g/mol. The van der Waals surface area contributed by atoms with Gasteiger partial charge in [-0.3, -0.25) is 9.89 Å². The zero-order valence-corrected chi connectivity index (χ0v) is 15.3. The first-order valence-corrected chi connectivity index (χ1v) is 9.25. The summed E-state index contributed by atoms with van der Waals surface area (Å²) in [5.41, 5.74) is 3.06. The van der Waals surface area contributed by atoms with E-state index < -0.39 is 5.82 Å². The van der Waals surface area contributed by atoms with Crippen molar-refractivity contribution in [3.05, 3.63) is 69.6 Å². The first kappa shape index (κ1) is 16.9. The van der Waals surface area contributed by atoms with Gasteiger partial charge >= 0.3 is 0 Å². The maximum absolute atomic E-state index is 14.4. The van der Waals surface area contributed by atoms with Crippen molar-refractivity contribution in [3.63, 3.8) is 0 Å². The number of H-pyrrole nitrogens is 2. The molecule has 0 aliphatic heterocycles. The van der Waals surface area contributed by atoms with Crippen molar-refractivity contribution in [2.75, 3.05) is 5.32 Å². The van der Waals surface area contributed by atoms with Gasteiger partial charge in [-0.05, 0) is 43.2 Å². The van der Waals surface area contributed by atoms with Crippen LogP contribution in [0.3, 0.4) is 0 Å². The number of halogens is 2. The summed E-state index contributed by atoms with van der Waals surface area (Å²) in [4.78, 5) is 19.9. The smallest absolute Gasteiger partial charge is 0.256 e. The van der Waals surface area contributed by atoms with Crippen molar-refractivity contribution >= 4 is 34.0 Å². The van der Waals surface area contributed by atoms with E-state index in [0.29, 0.717) is 10.7 Å². The van der Waals surface area contributed by atoms with E-state index in [1.165, 1.54) is 18.2 Å². The minimum Gasteiger partial charge on any atom is -0.353 e. The monoisotopic (exact) mass is 395 g/mol. The van der Waals surface area contributed by atoms with E-state index in [1.54, 1.807) is 18.5 Å². The number of benzene rings is 1. The van der Waals surface area contributed by atoms with Crippen LogP contribution < -0.4 is 10.9 Å². The molecule has 5 rings (SSSR count). The van der Waals surface area contributed by atoms with Crippen LogP contribution in [0.25, 0.3) is 22.2 Å². The second-order valence-corrected chi connectivity index (χ2v) is 7.29. The van der Waals surface area contributed by atoms with Crippen LogP contribution in [0.1, 0.15) is 24.5 Å². The van der Waals surface area contributed by atoms with Crippen LogP contribution in [0.5, 0.6) is 0 Å². The first-order valence-electron chi connectivity index (χ1n) is 8.88. The van der Waals surface area contributed by atoms with Gasteiger partial charge < -0.3 is 10.3 Å². The molecule has 1 fully saturated rings. The Morgan fingerprint density at radius 2 is 2.00 bits per heavy atom. The summed E-state index contributed by atoms with van der Waals surface area (Å²) < 4.78 is 14.4. The number of nitrogens with zero attached hydrogens (tertiary/aromatic N) is 2. The molecule has 1 aromatic carbocycles. The summed E-state index contributed by atoms with van der Waals surface area (Å²) in [6.07, 6.45) is 5.37. The standard InChI is InChI=1S/C20H15ClFN5O/c21-11-3-4-15(22)12(7-11)13-8-17(18(10-1-2-10)26-20(13)28)25-16-5-6-23-19-14(16)9-24-27-19/h3-10H,1-2H2,(H,26,28)(H2,23,24,25,27). The van der Waals surface area contributed by atoms with E-state index in [1.807, 2.05) is 6.07 Å². The van der Waals surface area contributed by atoms with Gasteiger partial charge in [0.25, 0.3) is 5.56 Å². The third-order valence-corrected chi connectivity index (χ3v) is 5.13. The van der Waals surface area contributed by atoms with Crippen molar-refractivity contribution in [2.45, 2.75) is 18.8 Å². The second-order valence-electron chi connectivity index (χ2n) is 6.85. The molecule has 0 amide bonds. The zero-order valence-electron chi connectivity index (χ0n) is 14.6. The quantitative estimate of drug-likeness (QED) is 0.466. The highest BCUT2D eigenvalue weighted by Gasteiger charge is 2.28. The van der Waals surface area contributed by atoms with Gasteiger partial charge in [0.05, 0.1) is 28.5 Å². The Labute approximate surface area is 163 Å². The number of rotatable bonds is 4. The van der Waals surface area contributed by atoms with Gasteiger partial charge in [-0.25, -0.2) is 9.37 Å². The number of pyridine rings is 2. The summed E-state index contributed by atoms with van der Waals surface area (Å²) in [5.74, 6) is -0.212. The Balaban J connectivity index is 1.67. The minimum atomic E-state index is -0.499. The third-order valence-electron chi connectivity index (χ3n) is 4.90. The second kappa shape index (κ2) is 6.45. The number of anilines is 2. The normalized spacial score (nSPS) is 13.8. The Morgan fingerprint density at radius 3 is 2.82 bits per heavy atom. The Morgan fingerprint density at radius 1 is 1.14 bits per heavy atom. The molecule has 0 radical (unpaired) electrons. The fourth-order valence-electron chi connectivity index (χ4n) is 3.35. The van der Waals surface area contributed by atoms with Crippen LogP contribution >= 0.6 is 11.6 Å². The van der Waals surface area contributed by atoms with Crippen molar-refractivity contribution in [2.24, 2.45) is 0 Å². The molecule has 8 heteroatoms. The van der Waals surface area contributed by atoms with Crippen molar-refractivity contribution < 1.29 is 4.39 Å². The van der Waals surface area contributed by atoms with Crippen LogP contribution in [0.2, 0.25) is 5.02 Å². The topological polar surface area (TPSA) is 86.5 Å².